The van der Waals surface area contributed by atoms with E-state index in [1.807, 2.05) is 0 Å². The predicted molar refractivity (Wildman–Crippen MR) is 94.9 cm³/mol. The van der Waals surface area contributed by atoms with Gasteiger partial charge in [0.1, 0.15) is 5.60 Å². The lowest BCUT2D eigenvalue weighted by Gasteiger charge is -2.19. The smallest absolute Gasteiger partial charge is 0.407 e. The molecule has 4 N–H and O–H groups in total. The van der Waals surface area contributed by atoms with Crippen molar-refractivity contribution in [2.45, 2.75) is 71.4 Å². The minimum absolute atomic E-state index is 0.242. The molecule has 0 spiro atoms. The molecule has 2 amide bonds. The van der Waals surface area contributed by atoms with Gasteiger partial charge in [-0.3, -0.25) is 9.59 Å². The van der Waals surface area contributed by atoms with Crippen LogP contribution in [-0.4, -0.2) is 49.3 Å². The minimum Gasteiger partial charge on any atom is -0.466 e. The van der Waals surface area contributed by atoms with Crippen LogP contribution in [0.3, 0.4) is 0 Å². The van der Waals surface area contributed by atoms with Crippen molar-refractivity contribution in [2.24, 2.45) is 5.73 Å². The van der Waals surface area contributed by atoms with Crippen molar-refractivity contribution >= 4 is 18.0 Å². The number of esters is 1. The number of amides is 2. The quantitative estimate of drug-likeness (QED) is 0.358. The fraction of sp³-hybridized carbons (Fsp3) is 0.824. The maximum atomic E-state index is 11.5. The number of hydrogen-bond donors (Lipinski definition) is 3. The fourth-order valence-corrected chi connectivity index (χ4v) is 2.07. The Bertz CT molecular complexity index is 421. The van der Waals surface area contributed by atoms with Crippen LogP contribution in [0.2, 0.25) is 0 Å². The Morgan fingerprint density at radius 2 is 1.76 bits per heavy atom. The monoisotopic (exact) mass is 359 g/mol. The van der Waals surface area contributed by atoms with Crippen molar-refractivity contribution in [3.8, 4) is 0 Å². The van der Waals surface area contributed by atoms with E-state index in [9.17, 15) is 14.4 Å². The summed E-state index contributed by atoms with van der Waals surface area (Å²) in [5.41, 5.74) is 4.86. The molecule has 25 heavy (non-hydrogen) atoms. The number of primary amides is 1. The summed E-state index contributed by atoms with van der Waals surface area (Å²) >= 11 is 0. The third kappa shape index (κ3) is 14.2. The summed E-state index contributed by atoms with van der Waals surface area (Å²) in [5.74, 6) is -0.663. The van der Waals surface area contributed by atoms with Gasteiger partial charge in [0.2, 0.25) is 5.91 Å². The van der Waals surface area contributed by atoms with Gasteiger partial charge >= 0.3 is 12.1 Å². The van der Waals surface area contributed by atoms with Gasteiger partial charge in [-0.15, -0.1) is 0 Å². The molecule has 0 aromatic heterocycles. The van der Waals surface area contributed by atoms with Crippen LogP contribution in [-0.2, 0) is 19.1 Å². The maximum Gasteiger partial charge on any atom is 0.407 e. The van der Waals surface area contributed by atoms with Crippen LogP contribution >= 0.6 is 0 Å². The van der Waals surface area contributed by atoms with Crippen LogP contribution in [0.25, 0.3) is 0 Å². The van der Waals surface area contributed by atoms with Crippen molar-refractivity contribution in [3.63, 3.8) is 0 Å². The lowest BCUT2D eigenvalue weighted by molar-refractivity contribution is -0.143. The van der Waals surface area contributed by atoms with E-state index in [1.165, 1.54) is 0 Å². The summed E-state index contributed by atoms with van der Waals surface area (Å²) in [6.45, 7) is 8.53. The second-order valence-electron chi connectivity index (χ2n) is 6.74. The van der Waals surface area contributed by atoms with Crippen LogP contribution in [0.1, 0.15) is 59.8 Å². The predicted octanol–water partition coefficient (Wildman–Crippen LogP) is 1.47. The minimum atomic E-state index is -0.519. The van der Waals surface area contributed by atoms with E-state index < -0.39 is 23.6 Å². The Morgan fingerprint density at radius 3 is 2.32 bits per heavy atom. The molecule has 0 saturated carbocycles. The number of unbranched alkanes of at least 4 members (excludes halogenated alkanes) is 1. The second-order valence-corrected chi connectivity index (χ2v) is 6.74. The Balaban J connectivity index is 3.85. The van der Waals surface area contributed by atoms with E-state index in [-0.39, 0.29) is 5.97 Å². The molecule has 1 atom stereocenters. The number of alkyl carbamates (subject to hydrolysis) is 1. The van der Waals surface area contributed by atoms with Crippen LogP contribution in [0.5, 0.6) is 0 Å². The number of nitrogens with one attached hydrogen (secondary N) is 2. The van der Waals surface area contributed by atoms with Gasteiger partial charge in [0, 0.05) is 13.0 Å². The van der Waals surface area contributed by atoms with E-state index in [1.54, 1.807) is 27.7 Å². The highest BCUT2D eigenvalue weighted by molar-refractivity contribution is 5.79. The molecule has 0 aliphatic heterocycles. The SMILES string of the molecule is CCOC(=O)CCCNC(CCCCNC(=O)OC(C)(C)C)C(N)=O. The highest BCUT2D eigenvalue weighted by Crippen LogP contribution is 2.06. The lowest BCUT2D eigenvalue weighted by atomic mass is 10.1. The van der Waals surface area contributed by atoms with E-state index in [0.29, 0.717) is 45.4 Å². The first-order valence-corrected chi connectivity index (χ1v) is 8.81. The number of nitrogens with two attached hydrogens (primary N) is 1. The molecule has 8 heteroatoms. The van der Waals surface area contributed by atoms with Crippen molar-refractivity contribution in [1.29, 1.82) is 0 Å². The number of ether oxygens (including phenoxy) is 2. The summed E-state index contributed by atoms with van der Waals surface area (Å²) in [7, 11) is 0. The van der Waals surface area contributed by atoms with Crippen LogP contribution in [0.15, 0.2) is 0 Å². The molecule has 0 rings (SSSR count). The molecule has 0 aliphatic rings. The summed E-state index contributed by atoms with van der Waals surface area (Å²) in [6, 6.07) is -0.441. The topological polar surface area (TPSA) is 120 Å². The van der Waals surface area contributed by atoms with Gasteiger partial charge in [-0.25, -0.2) is 4.79 Å². The molecule has 0 aromatic rings. The van der Waals surface area contributed by atoms with Crippen LogP contribution in [0.4, 0.5) is 4.79 Å². The Kier molecular flexibility index (Phi) is 11.6. The molecular formula is C17H33N3O5. The lowest BCUT2D eigenvalue weighted by Crippen LogP contribution is -2.41. The number of carbonyl (C=O) groups excluding carboxylic acids is 3. The summed E-state index contributed by atoms with van der Waals surface area (Å²) in [5, 5.41) is 5.72. The normalized spacial score (nSPS) is 12.3. The average Bonchev–Trinajstić information content (AvgIpc) is 2.47. The zero-order valence-electron chi connectivity index (χ0n) is 15.9. The molecule has 0 fully saturated rings. The summed E-state index contributed by atoms with van der Waals surface area (Å²) < 4.78 is 9.97. The van der Waals surface area contributed by atoms with Crippen molar-refractivity contribution in [3.05, 3.63) is 0 Å². The van der Waals surface area contributed by atoms with Gasteiger partial charge in [0.05, 0.1) is 12.6 Å². The Labute approximate surface area is 150 Å². The summed E-state index contributed by atoms with van der Waals surface area (Å²) in [6.07, 6.45) is 2.47. The fourth-order valence-electron chi connectivity index (χ4n) is 2.07. The number of rotatable bonds is 12. The van der Waals surface area contributed by atoms with Gasteiger partial charge in [0.25, 0.3) is 0 Å². The van der Waals surface area contributed by atoms with Gasteiger partial charge in [-0.05, 0) is 59.9 Å². The standard InChI is InChI=1S/C17H33N3O5/c1-5-24-14(21)10-8-12-19-13(15(18)22)9-6-7-11-20-16(23)25-17(2,3)4/h13,19H,5-12H2,1-4H3,(H2,18,22)(H,20,23). The molecule has 0 aliphatic carbocycles. The second kappa shape index (κ2) is 12.5. The molecule has 0 aromatic carbocycles. The third-order valence-corrected chi connectivity index (χ3v) is 3.18. The first-order chi connectivity index (χ1) is 11.7. The number of carbonyl (C=O) groups is 3. The molecular weight excluding hydrogens is 326 g/mol. The highest BCUT2D eigenvalue weighted by atomic mass is 16.6. The molecule has 0 heterocycles. The van der Waals surface area contributed by atoms with Gasteiger partial charge in [-0.2, -0.15) is 0 Å². The van der Waals surface area contributed by atoms with Gasteiger partial charge in [-0.1, -0.05) is 0 Å². The third-order valence-electron chi connectivity index (χ3n) is 3.18. The number of hydrogen-bond acceptors (Lipinski definition) is 6. The van der Waals surface area contributed by atoms with E-state index in [2.05, 4.69) is 10.6 Å². The first-order valence-electron chi connectivity index (χ1n) is 8.81. The Hall–Kier alpha value is -1.83. The van der Waals surface area contributed by atoms with E-state index >= 15 is 0 Å². The summed E-state index contributed by atoms with van der Waals surface area (Å²) in [4.78, 5) is 34.1. The molecule has 0 bridgehead atoms. The molecule has 0 saturated heterocycles. The molecule has 1 unspecified atom stereocenters. The van der Waals surface area contributed by atoms with Crippen molar-refractivity contribution in [2.75, 3.05) is 19.7 Å². The van der Waals surface area contributed by atoms with Crippen molar-refractivity contribution < 1.29 is 23.9 Å². The Morgan fingerprint density at radius 1 is 1.08 bits per heavy atom. The zero-order chi connectivity index (χ0) is 19.3. The van der Waals surface area contributed by atoms with Gasteiger partial charge in [0.15, 0.2) is 0 Å². The molecule has 8 nitrogen and oxygen atoms in total. The molecule has 0 radical (unpaired) electrons. The van der Waals surface area contributed by atoms with Crippen molar-refractivity contribution in [1.82, 2.24) is 10.6 Å². The van der Waals surface area contributed by atoms with E-state index in [4.69, 9.17) is 15.2 Å². The van der Waals surface area contributed by atoms with Gasteiger partial charge < -0.3 is 25.8 Å². The molecule has 146 valence electrons. The first kappa shape index (κ1) is 23.2. The highest BCUT2D eigenvalue weighted by Gasteiger charge is 2.16. The van der Waals surface area contributed by atoms with E-state index in [0.717, 1.165) is 6.42 Å². The van der Waals surface area contributed by atoms with Crippen LogP contribution < -0.4 is 16.4 Å². The van der Waals surface area contributed by atoms with Crippen LogP contribution in [0, 0.1) is 0 Å². The zero-order valence-corrected chi connectivity index (χ0v) is 15.9. The largest absolute Gasteiger partial charge is 0.466 e. The average molecular weight is 359 g/mol. The maximum absolute atomic E-state index is 11.5.